The summed E-state index contributed by atoms with van der Waals surface area (Å²) in [7, 11) is -4.07. The SMILES string of the molecule is CCc1ncc(S(=O)(=O)N(CCO)CC(F)F)[nH]1. The molecule has 1 aromatic heterocycles. The number of alkyl halides is 2. The average Bonchev–Trinajstić information content (AvgIpc) is 2.77. The van der Waals surface area contributed by atoms with Crippen molar-refractivity contribution in [2.24, 2.45) is 0 Å². The molecule has 1 rings (SSSR count). The zero-order chi connectivity index (χ0) is 13.8. The summed E-state index contributed by atoms with van der Waals surface area (Å²) in [5.74, 6) is 0.453. The molecule has 0 aliphatic carbocycles. The molecule has 0 saturated carbocycles. The van der Waals surface area contributed by atoms with Crippen LogP contribution in [0.3, 0.4) is 0 Å². The van der Waals surface area contributed by atoms with Crippen LogP contribution in [0.5, 0.6) is 0 Å². The van der Waals surface area contributed by atoms with Crippen LogP contribution in [0, 0.1) is 0 Å². The Hall–Kier alpha value is -1.06. The molecule has 0 bridgehead atoms. The number of halogens is 2. The highest BCUT2D eigenvalue weighted by atomic mass is 32.2. The van der Waals surface area contributed by atoms with Crippen molar-refractivity contribution in [1.29, 1.82) is 0 Å². The van der Waals surface area contributed by atoms with E-state index in [1.54, 1.807) is 6.92 Å². The van der Waals surface area contributed by atoms with Gasteiger partial charge in [0.2, 0.25) is 0 Å². The number of H-pyrrole nitrogens is 1. The molecule has 18 heavy (non-hydrogen) atoms. The van der Waals surface area contributed by atoms with Gasteiger partial charge in [0.15, 0.2) is 5.03 Å². The third-order valence-electron chi connectivity index (χ3n) is 2.25. The minimum absolute atomic E-state index is 0.242. The van der Waals surface area contributed by atoms with Crippen molar-refractivity contribution < 1.29 is 22.3 Å². The number of aliphatic hydroxyl groups is 1. The third kappa shape index (κ3) is 3.47. The van der Waals surface area contributed by atoms with Gasteiger partial charge in [-0.1, -0.05) is 6.92 Å². The van der Waals surface area contributed by atoms with E-state index in [-0.39, 0.29) is 11.6 Å². The molecule has 1 heterocycles. The van der Waals surface area contributed by atoms with E-state index in [2.05, 4.69) is 9.97 Å². The number of sulfonamides is 1. The van der Waals surface area contributed by atoms with Gasteiger partial charge in [-0.05, 0) is 0 Å². The smallest absolute Gasteiger partial charge is 0.260 e. The summed E-state index contributed by atoms with van der Waals surface area (Å²) in [5.41, 5.74) is 0. The highest BCUT2D eigenvalue weighted by molar-refractivity contribution is 7.89. The second kappa shape index (κ2) is 6.21. The van der Waals surface area contributed by atoms with E-state index in [1.807, 2.05) is 0 Å². The molecule has 0 amide bonds. The summed E-state index contributed by atoms with van der Waals surface area (Å²) in [4.78, 5) is 6.36. The van der Waals surface area contributed by atoms with Crippen LogP contribution in [0.2, 0.25) is 0 Å². The second-order valence-corrected chi connectivity index (χ2v) is 5.43. The summed E-state index contributed by atoms with van der Waals surface area (Å²) in [5, 5.41) is 8.49. The Morgan fingerprint density at radius 2 is 2.22 bits per heavy atom. The van der Waals surface area contributed by atoms with Crippen molar-refractivity contribution in [3.05, 3.63) is 12.0 Å². The van der Waals surface area contributed by atoms with Crippen LogP contribution in [0.15, 0.2) is 11.2 Å². The van der Waals surface area contributed by atoms with Gasteiger partial charge in [-0.3, -0.25) is 0 Å². The number of nitrogens with one attached hydrogen (secondary N) is 1. The van der Waals surface area contributed by atoms with Crippen LogP contribution in [0.4, 0.5) is 8.78 Å². The fourth-order valence-corrected chi connectivity index (χ4v) is 2.71. The Bertz CT molecular complexity index is 475. The van der Waals surface area contributed by atoms with Gasteiger partial charge in [0.05, 0.1) is 19.3 Å². The first-order valence-electron chi connectivity index (χ1n) is 5.34. The number of aliphatic hydroxyl groups excluding tert-OH is 1. The predicted molar refractivity (Wildman–Crippen MR) is 59.8 cm³/mol. The molecule has 0 aliphatic heterocycles. The van der Waals surface area contributed by atoms with Crippen molar-refractivity contribution in [2.75, 3.05) is 19.7 Å². The molecule has 0 aliphatic rings. The molecule has 6 nitrogen and oxygen atoms in total. The van der Waals surface area contributed by atoms with Gasteiger partial charge in [0.25, 0.3) is 16.4 Å². The average molecular weight is 283 g/mol. The second-order valence-electron chi connectivity index (χ2n) is 3.53. The number of nitrogens with zero attached hydrogens (tertiary/aromatic N) is 2. The van der Waals surface area contributed by atoms with Crippen LogP contribution in [0.25, 0.3) is 0 Å². The predicted octanol–water partition coefficient (Wildman–Crippen LogP) is 0.220. The minimum Gasteiger partial charge on any atom is -0.395 e. The summed E-state index contributed by atoms with van der Waals surface area (Å²) in [6.45, 7) is -0.0862. The molecule has 9 heteroatoms. The zero-order valence-corrected chi connectivity index (χ0v) is 10.6. The summed E-state index contributed by atoms with van der Waals surface area (Å²) >= 11 is 0. The van der Waals surface area contributed by atoms with E-state index in [4.69, 9.17) is 5.11 Å². The fraction of sp³-hybridized carbons (Fsp3) is 0.667. The highest BCUT2D eigenvalue weighted by Crippen LogP contribution is 2.15. The monoisotopic (exact) mass is 283 g/mol. The molecule has 0 radical (unpaired) electrons. The largest absolute Gasteiger partial charge is 0.395 e. The van der Waals surface area contributed by atoms with Gasteiger partial charge in [-0.25, -0.2) is 22.2 Å². The lowest BCUT2D eigenvalue weighted by Crippen LogP contribution is -2.37. The number of aromatic amines is 1. The van der Waals surface area contributed by atoms with Crippen LogP contribution in [0.1, 0.15) is 12.7 Å². The summed E-state index contributed by atoms with van der Waals surface area (Å²) in [6.07, 6.45) is -1.21. The molecular formula is C9H15F2N3O3S. The number of rotatable bonds is 7. The Kier molecular flexibility index (Phi) is 5.17. The molecular weight excluding hydrogens is 268 g/mol. The maximum Gasteiger partial charge on any atom is 0.260 e. The lowest BCUT2D eigenvalue weighted by atomic mass is 10.5. The standard InChI is InChI=1S/C9H15F2N3O3S/c1-2-8-12-5-9(13-8)18(16,17)14(3-4-15)6-7(10)11/h5,7,15H,2-4,6H2,1H3,(H,12,13). The van der Waals surface area contributed by atoms with E-state index in [0.29, 0.717) is 16.6 Å². The Labute approximate surface area is 104 Å². The van der Waals surface area contributed by atoms with Gasteiger partial charge < -0.3 is 10.1 Å². The van der Waals surface area contributed by atoms with E-state index in [1.165, 1.54) is 0 Å². The van der Waals surface area contributed by atoms with Gasteiger partial charge in [0, 0.05) is 13.0 Å². The number of imidazole rings is 1. The van der Waals surface area contributed by atoms with Gasteiger partial charge in [0.1, 0.15) is 5.82 Å². The van der Waals surface area contributed by atoms with Crippen molar-refractivity contribution >= 4 is 10.0 Å². The maximum absolute atomic E-state index is 12.3. The molecule has 0 spiro atoms. The van der Waals surface area contributed by atoms with Crippen molar-refractivity contribution in [3.63, 3.8) is 0 Å². The van der Waals surface area contributed by atoms with E-state index >= 15 is 0 Å². The highest BCUT2D eigenvalue weighted by Gasteiger charge is 2.28. The first-order chi connectivity index (χ1) is 8.41. The van der Waals surface area contributed by atoms with Crippen molar-refractivity contribution in [2.45, 2.75) is 24.8 Å². The lowest BCUT2D eigenvalue weighted by Gasteiger charge is -2.19. The van der Waals surface area contributed by atoms with Gasteiger partial charge in [-0.15, -0.1) is 0 Å². The first-order valence-corrected chi connectivity index (χ1v) is 6.78. The molecule has 2 N–H and O–H groups in total. The molecule has 0 atom stereocenters. The molecule has 0 saturated heterocycles. The Morgan fingerprint density at radius 3 is 2.67 bits per heavy atom. The molecule has 1 aromatic rings. The minimum atomic E-state index is -4.07. The quantitative estimate of drug-likeness (QED) is 0.749. The maximum atomic E-state index is 12.3. The Morgan fingerprint density at radius 1 is 1.56 bits per heavy atom. The van der Waals surface area contributed by atoms with Crippen molar-refractivity contribution in [3.8, 4) is 0 Å². The molecule has 0 fully saturated rings. The van der Waals surface area contributed by atoms with E-state index in [0.717, 1.165) is 6.20 Å². The molecule has 0 unspecified atom stereocenters. The van der Waals surface area contributed by atoms with Crippen LogP contribution >= 0.6 is 0 Å². The number of aryl methyl sites for hydroxylation is 1. The molecule has 0 aromatic carbocycles. The lowest BCUT2D eigenvalue weighted by molar-refractivity contribution is 0.113. The van der Waals surface area contributed by atoms with E-state index in [9.17, 15) is 17.2 Å². The van der Waals surface area contributed by atoms with Crippen LogP contribution in [-0.2, 0) is 16.4 Å². The molecule has 104 valence electrons. The first kappa shape index (κ1) is 15.0. The van der Waals surface area contributed by atoms with Crippen LogP contribution in [-0.4, -0.2) is 53.9 Å². The number of hydrogen-bond acceptors (Lipinski definition) is 4. The van der Waals surface area contributed by atoms with Gasteiger partial charge in [-0.2, -0.15) is 4.31 Å². The summed E-state index contributed by atoms with van der Waals surface area (Å²) in [6, 6.07) is 0. The van der Waals surface area contributed by atoms with Crippen molar-refractivity contribution in [1.82, 2.24) is 14.3 Å². The van der Waals surface area contributed by atoms with Gasteiger partial charge >= 0.3 is 0 Å². The number of aromatic nitrogens is 2. The normalized spacial score (nSPS) is 12.6. The topological polar surface area (TPSA) is 86.3 Å². The summed E-state index contributed by atoms with van der Waals surface area (Å²) < 4.78 is 49.2. The number of hydrogen-bond donors (Lipinski definition) is 2. The van der Waals surface area contributed by atoms with Crippen LogP contribution < -0.4 is 0 Å². The third-order valence-corrected chi connectivity index (χ3v) is 4.02. The zero-order valence-electron chi connectivity index (χ0n) is 9.81. The van der Waals surface area contributed by atoms with E-state index < -0.39 is 29.6 Å². The Balaban J connectivity index is 3.00. The fourth-order valence-electron chi connectivity index (χ4n) is 1.37.